The fourth-order valence-corrected chi connectivity index (χ4v) is 3.55. The lowest BCUT2D eigenvalue weighted by Crippen LogP contribution is -2.48. The number of para-hydroxylation sites is 2. The highest BCUT2D eigenvalue weighted by Crippen LogP contribution is 2.30. The van der Waals surface area contributed by atoms with Gasteiger partial charge in [0.1, 0.15) is 0 Å². The molecule has 2 amide bonds. The molecule has 1 fully saturated rings. The second-order valence-electron chi connectivity index (χ2n) is 7.07. The van der Waals surface area contributed by atoms with E-state index in [-0.39, 0.29) is 29.5 Å². The predicted molar refractivity (Wildman–Crippen MR) is 118 cm³/mol. The summed E-state index contributed by atoms with van der Waals surface area (Å²) in [6, 6.07) is 11.6. The topological polar surface area (TPSA) is 105 Å². The lowest BCUT2D eigenvalue weighted by molar-refractivity contribution is -0.385. The van der Waals surface area contributed by atoms with Crippen LogP contribution in [-0.2, 0) is 4.79 Å². The third kappa shape index (κ3) is 5.11. The summed E-state index contributed by atoms with van der Waals surface area (Å²) < 4.78 is 5.28. The molecule has 1 heterocycles. The van der Waals surface area contributed by atoms with Crippen LogP contribution in [0, 0.1) is 10.1 Å². The minimum atomic E-state index is -0.563. The molecular formula is C22H26N4O5. The van der Waals surface area contributed by atoms with Gasteiger partial charge in [-0.1, -0.05) is 19.1 Å². The van der Waals surface area contributed by atoms with E-state index in [1.165, 1.54) is 18.2 Å². The van der Waals surface area contributed by atoms with E-state index >= 15 is 0 Å². The van der Waals surface area contributed by atoms with Gasteiger partial charge >= 0.3 is 5.69 Å². The molecule has 0 aromatic heterocycles. The second kappa shape index (κ2) is 9.92. The minimum Gasteiger partial charge on any atom is -0.487 e. The van der Waals surface area contributed by atoms with Crippen LogP contribution in [0.25, 0.3) is 0 Å². The van der Waals surface area contributed by atoms with Gasteiger partial charge in [0.25, 0.3) is 5.91 Å². The Kier molecular flexibility index (Phi) is 7.07. The maximum absolute atomic E-state index is 12.8. The Hall–Kier alpha value is -3.62. The zero-order valence-electron chi connectivity index (χ0n) is 17.7. The van der Waals surface area contributed by atoms with Gasteiger partial charge in [0.15, 0.2) is 5.75 Å². The van der Waals surface area contributed by atoms with Crippen molar-refractivity contribution < 1.29 is 19.2 Å². The minimum absolute atomic E-state index is 0.129. The van der Waals surface area contributed by atoms with Crippen LogP contribution < -0.4 is 15.0 Å². The van der Waals surface area contributed by atoms with Crippen molar-refractivity contribution in [2.24, 2.45) is 0 Å². The Bertz CT molecular complexity index is 970. The largest absolute Gasteiger partial charge is 0.487 e. The molecule has 9 heteroatoms. The van der Waals surface area contributed by atoms with Crippen molar-refractivity contribution in [3.8, 4) is 5.75 Å². The van der Waals surface area contributed by atoms with Crippen molar-refractivity contribution in [1.29, 1.82) is 0 Å². The molecule has 0 saturated carbocycles. The van der Waals surface area contributed by atoms with E-state index in [1.807, 2.05) is 30.0 Å². The molecule has 0 atom stereocenters. The Morgan fingerprint density at radius 1 is 1.10 bits per heavy atom. The molecule has 1 aliphatic rings. The highest BCUT2D eigenvalue weighted by molar-refractivity contribution is 6.06. The number of nitrogens with zero attached hydrogens (tertiary/aromatic N) is 3. The first-order valence-electron chi connectivity index (χ1n) is 10.3. The first-order valence-corrected chi connectivity index (χ1v) is 10.3. The van der Waals surface area contributed by atoms with Crippen molar-refractivity contribution in [3.05, 3.63) is 58.1 Å². The van der Waals surface area contributed by atoms with E-state index in [2.05, 4.69) is 10.2 Å². The second-order valence-corrected chi connectivity index (χ2v) is 7.07. The highest BCUT2D eigenvalue weighted by Gasteiger charge is 2.23. The van der Waals surface area contributed by atoms with Crippen LogP contribution >= 0.6 is 0 Å². The standard InChI is InChI=1S/C22H26N4O5/c1-3-21(27)25-13-11-24(12-14-25)18-8-6-5-7-17(18)23-22(28)16-9-10-20(31-4-2)19(15-16)26(29)30/h5-10,15H,3-4,11-14H2,1-2H3,(H,23,28). The zero-order chi connectivity index (χ0) is 22.4. The Morgan fingerprint density at radius 2 is 1.81 bits per heavy atom. The van der Waals surface area contributed by atoms with Crippen LogP contribution in [0.4, 0.5) is 17.1 Å². The molecule has 2 aromatic rings. The third-order valence-corrected chi connectivity index (χ3v) is 5.15. The summed E-state index contributed by atoms with van der Waals surface area (Å²) in [7, 11) is 0. The van der Waals surface area contributed by atoms with Crippen molar-refractivity contribution >= 4 is 28.9 Å². The van der Waals surface area contributed by atoms with Crippen LogP contribution in [0.15, 0.2) is 42.5 Å². The van der Waals surface area contributed by atoms with Crippen LogP contribution in [0.1, 0.15) is 30.6 Å². The molecule has 1 N–H and O–H groups in total. The Labute approximate surface area is 180 Å². The van der Waals surface area contributed by atoms with Gasteiger partial charge in [-0.3, -0.25) is 19.7 Å². The summed E-state index contributed by atoms with van der Waals surface area (Å²) in [4.78, 5) is 39.5. The molecule has 1 saturated heterocycles. The van der Waals surface area contributed by atoms with E-state index in [0.29, 0.717) is 38.3 Å². The van der Waals surface area contributed by atoms with Gasteiger partial charge < -0.3 is 19.9 Å². The SMILES string of the molecule is CCOc1ccc(C(=O)Nc2ccccc2N2CCN(C(=O)CC)CC2)cc1[N+](=O)[O-]. The number of ether oxygens (including phenoxy) is 1. The molecule has 164 valence electrons. The molecular weight excluding hydrogens is 400 g/mol. The van der Waals surface area contributed by atoms with Gasteiger partial charge in [0.05, 0.1) is 22.9 Å². The van der Waals surface area contributed by atoms with E-state index in [0.717, 1.165) is 5.69 Å². The van der Waals surface area contributed by atoms with Gasteiger partial charge in [0, 0.05) is 44.2 Å². The van der Waals surface area contributed by atoms with Gasteiger partial charge in [-0.15, -0.1) is 0 Å². The maximum Gasteiger partial charge on any atom is 0.311 e. The quantitative estimate of drug-likeness (QED) is 0.538. The number of benzene rings is 2. The smallest absolute Gasteiger partial charge is 0.311 e. The molecule has 2 aromatic carbocycles. The van der Waals surface area contributed by atoms with Crippen LogP contribution in [0.5, 0.6) is 5.75 Å². The number of hydrogen-bond acceptors (Lipinski definition) is 6. The number of anilines is 2. The number of carbonyl (C=O) groups is 2. The molecule has 0 radical (unpaired) electrons. The molecule has 3 rings (SSSR count). The molecule has 0 unspecified atom stereocenters. The summed E-state index contributed by atoms with van der Waals surface area (Å²) in [5.41, 5.74) is 1.38. The lowest BCUT2D eigenvalue weighted by Gasteiger charge is -2.36. The van der Waals surface area contributed by atoms with Gasteiger partial charge in [-0.2, -0.15) is 0 Å². The van der Waals surface area contributed by atoms with Gasteiger partial charge in [-0.25, -0.2) is 0 Å². The molecule has 0 spiro atoms. The highest BCUT2D eigenvalue weighted by atomic mass is 16.6. The number of nitro groups is 1. The summed E-state index contributed by atoms with van der Waals surface area (Å²) >= 11 is 0. The summed E-state index contributed by atoms with van der Waals surface area (Å²) in [5.74, 6) is -0.180. The molecule has 9 nitrogen and oxygen atoms in total. The number of piperazine rings is 1. The average molecular weight is 426 g/mol. The Morgan fingerprint density at radius 3 is 2.45 bits per heavy atom. The number of rotatable bonds is 7. The predicted octanol–water partition coefficient (Wildman–Crippen LogP) is 3.30. The monoisotopic (exact) mass is 426 g/mol. The number of hydrogen-bond donors (Lipinski definition) is 1. The maximum atomic E-state index is 12.8. The molecule has 1 aliphatic heterocycles. The van der Waals surface area contributed by atoms with Crippen molar-refractivity contribution in [3.63, 3.8) is 0 Å². The molecule has 0 bridgehead atoms. The van der Waals surface area contributed by atoms with Crippen molar-refractivity contribution in [2.75, 3.05) is 43.0 Å². The van der Waals surface area contributed by atoms with Gasteiger partial charge in [-0.05, 0) is 31.2 Å². The van der Waals surface area contributed by atoms with Gasteiger partial charge in [0.2, 0.25) is 5.91 Å². The average Bonchev–Trinajstić information content (AvgIpc) is 2.79. The fourth-order valence-electron chi connectivity index (χ4n) is 3.55. The first kappa shape index (κ1) is 22.1. The van der Waals surface area contributed by atoms with Crippen LogP contribution in [-0.4, -0.2) is 54.4 Å². The number of carbonyl (C=O) groups excluding carboxylic acids is 2. The Balaban J connectivity index is 1.77. The third-order valence-electron chi connectivity index (χ3n) is 5.15. The normalized spacial score (nSPS) is 13.6. The molecule has 31 heavy (non-hydrogen) atoms. The van der Waals surface area contributed by atoms with Crippen molar-refractivity contribution in [1.82, 2.24) is 4.90 Å². The summed E-state index contributed by atoms with van der Waals surface area (Å²) in [6.45, 7) is 6.45. The fraction of sp³-hybridized carbons (Fsp3) is 0.364. The van der Waals surface area contributed by atoms with Crippen LogP contribution in [0.3, 0.4) is 0 Å². The lowest BCUT2D eigenvalue weighted by atomic mass is 10.1. The summed E-state index contributed by atoms with van der Waals surface area (Å²) in [5, 5.41) is 14.2. The van der Waals surface area contributed by atoms with E-state index in [9.17, 15) is 19.7 Å². The summed E-state index contributed by atoms with van der Waals surface area (Å²) in [6.07, 6.45) is 0.487. The van der Waals surface area contributed by atoms with E-state index < -0.39 is 10.8 Å². The molecule has 0 aliphatic carbocycles. The van der Waals surface area contributed by atoms with Crippen LogP contribution in [0.2, 0.25) is 0 Å². The van der Waals surface area contributed by atoms with E-state index in [4.69, 9.17) is 4.74 Å². The van der Waals surface area contributed by atoms with Crippen molar-refractivity contribution in [2.45, 2.75) is 20.3 Å². The zero-order valence-corrected chi connectivity index (χ0v) is 17.7. The number of nitro benzene ring substituents is 1. The van der Waals surface area contributed by atoms with E-state index in [1.54, 1.807) is 13.0 Å². The first-order chi connectivity index (χ1) is 14.9. The number of amides is 2. The number of nitrogens with one attached hydrogen (secondary N) is 1.